The number of nitrogens with zero attached hydrogens (tertiary/aromatic N) is 2. The summed E-state index contributed by atoms with van der Waals surface area (Å²) in [6.07, 6.45) is 3.84. The summed E-state index contributed by atoms with van der Waals surface area (Å²) in [5, 5.41) is 13.7. The van der Waals surface area contributed by atoms with Gasteiger partial charge in [-0.25, -0.2) is 4.98 Å². The van der Waals surface area contributed by atoms with E-state index >= 15 is 0 Å². The number of benzene rings is 1. The Morgan fingerprint density at radius 3 is 2.84 bits per heavy atom. The van der Waals surface area contributed by atoms with Crippen LogP contribution in [0.5, 0.6) is 0 Å². The predicted octanol–water partition coefficient (Wildman–Crippen LogP) is 3.71. The van der Waals surface area contributed by atoms with Crippen molar-refractivity contribution in [3.8, 4) is 6.07 Å². The van der Waals surface area contributed by atoms with E-state index in [2.05, 4.69) is 29.4 Å². The van der Waals surface area contributed by atoms with Crippen LogP contribution in [0.25, 0.3) is 10.9 Å². The zero-order chi connectivity index (χ0) is 13.3. The van der Waals surface area contributed by atoms with Gasteiger partial charge in [0.2, 0.25) is 0 Å². The van der Waals surface area contributed by atoms with Gasteiger partial charge >= 0.3 is 0 Å². The minimum Gasteiger partial charge on any atom is -0.384 e. The molecule has 3 heteroatoms. The molecule has 1 aliphatic carbocycles. The molecule has 3 rings (SSSR count). The molecule has 1 aromatic heterocycles. The number of rotatable bonds is 4. The smallest absolute Gasteiger partial charge is 0.143 e. The Morgan fingerprint density at radius 2 is 2.16 bits per heavy atom. The molecule has 3 nitrogen and oxygen atoms in total. The van der Waals surface area contributed by atoms with Gasteiger partial charge in [0.1, 0.15) is 11.8 Å². The quantitative estimate of drug-likeness (QED) is 0.901. The van der Waals surface area contributed by atoms with E-state index in [1.165, 1.54) is 19.3 Å². The molecule has 1 aromatic carbocycles. The van der Waals surface area contributed by atoms with Crippen molar-refractivity contribution in [3.05, 3.63) is 36.0 Å². The van der Waals surface area contributed by atoms with Gasteiger partial charge < -0.3 is 5.32 Å². The van der Waals surface area contributed by atoms with E-state index in [4.69, 9.17) is 5.26 Å². The number of nitriles is 1. The first-order chi connectivity index (χ1) is 9.26. The van der Waals surface area contributed by atoms with E-state index in [1.54, 1.807) is 0 Å². The first kappa shape index (κ1) is 12.0. The van der Waals surface area contributed by atoms with Crippen LogP contribution in [0.4, 0.5) is 5.69 Å². The third-order valence-corrected chi connectivity index (χ3v) is 4.19. The van der Waals surface area contributed by atoms with Gasteiger partial charge in [-0.15, -0.1) is 0 Å². The molecule has 0 radical (unpaired) electrons. The summed E-state index contributed by atoms with van der Waals surface area (Å²) in [5.41, 5.74) is 2.87. The molecule has 0 bridgehead atoms. The number of anilines is 1. The Hall–Kier alpha value is -2.08. The Kier molecular flexibility index (Phi) is 2.87. The summed E-state index contributed by atoms with van der Waals surface area (Å²) in [6.45, 7) is 3.24. The van der Waals surface area contributed by atoms with Crippen molar-refractivity contribution in [1.29, 1.82) is 5.26 Å². The van der Waals surface area contributed by atoms with Crippen molar-refractivity contribution in [2.24, 2.45) is 5.41 Å². The van der Waals surface area contributed by atoms with Gasteiger partial charge in [0.25, 0.3) is 0 Å². The number of hydrogen-bond donors (Lipinski definition) is 1. The lowest BCUT2D eigenvalue weighted by Gasteiger charge is -2.16. The van der Waals surface area contributed by atoms with E-state index in [0.29, 0.717) is 11.1 Å². The third-order valence-electron chi connectivity index (χ3n) is 4.19. The maximum atomic E-state index is 9.07. The van der Waals surface area contributed by atoms with E-state index in [-0.39, 0.29) is 0 Å². The molecule has 1 N–H and O–H groups in total. The van der Waals surface area contributed by atoms with Crippen LogP contribution in [0.2, 0.25) is 0 Å². The second kappa shape index (κ2) is 4.55. The number of aromatic nitrogens is 1. The first-order valence-electron chi connectivity index (χ1n) is 6.80. The molecule has 0 aliphatic heterocycles. The Balaban J connectivity index is 1.95. The predicted molar refractivity (Wildman–Crippen MR) is 76.9 cm³/mol. The van der Waals surface area contributed by atoms with E-state index in [9.17, 15) is 0 Å². The van der Waals surface area contributed by atoms with E-state index in [0.717, 1.165) is 23.1 Å². The van der Waals surface area contributed by atoms with Gasteiger partial charge in [-0.3, -0.25) is 0 Å². The van der Waals surface area contributed by atoms with Gasteiger partial charge in [0.15, 0.2) is 0 Å². The average Bonchev–Trinajstić information content (AvgIpc) is 3.25. The van der Waals surface area contributed by atoms with Crippen molar-refractivity contribution >= 4 is 16.6 Å². The van der Waals surface area contributed by atoms with Crippen molar-refractivity contribution in [2.75, 3.05) is 11.9 Å². The Bertz CT molecular complexity index is 651. The fourth-order valence-electron chi connectivity index (χ4n) is 2.49. The summed E-state index contributed by atoms with van der Waals surface area (Å²) in [5.74, 6) is 0. The molecule has 1 fully saturated rings. The number of para-hydroxylation sites is 1. The molecular formula is C16H17N3. The highest BCUT2D eigenvalue weighted by Gasteiger charge is 2.40. The number of fused-ring (bicyclic) bond motifs is 1. The summed E-state index contributed by atoms with van der Waals surface area (Å²) >= 11 is 0. The molecule has 0 saturated heterocycles. The molecule has 0 amide bonds. The van der Waals surface area contributed by atoms with Crippen LogP contribution in [0.1, 0.15) is 31.9 Å². The topological polar surface area (TPSA) is 48.7 Å². The van der Waals surface area contributed by atoms with Crippen LogP contribution in [0.3, 0.4) is 0 Å². The van der Waals surface area contributed by atoms with Gasteiger partial charge in [0.05, 0.1) is 5.52 Å². The second-order valence-corrected chi connectivity index (χ2v) is 5.39. The minimum atomic E-state index is 0.475. The molecule has 96 valence electrons. The third kappa shape index (κ3) is 2.26. The number of hydrogen-bond acceptors (Lipinski definition) is 3. The number of pyridine rings is 1. The summed E-state index contributed by atoms with van der Waals surface area (Å²) in [7, 11) is 0. The lowest BCUT2D eigenvalue weighted by molar-refractivity contribution is 0.522. The van der Waals surface area contributed by atoms with Crippen LogP contribution in [0.15, 0.2) is 30.3 Å². The fraction of sp³-hybridized carbons (Fsp3) is 0.375. The molecule has 1 heterocycles. The molecule has 19 heavy (non-hydrogen) atoms. The van der Waals surface area contributed by atoms with Gasteiger partial charge in [-0.05, 0) is 36.8 Å². The van der Waals surface area contributed by atoms with Crippen molar-refractivity contribution < 1.29 is 0 Å². The largest absolute Gasteiger partial charge is 0.384 e. The number of nitrogens with one attached hydrogen (secondary N) is 1. The Morgan fingerprint density at radius 1 is 1.37 bits per heavy atom. The van der Waals surface area contributed by atoms with Crippen molar-refractivity contribution in [3.63, 3.8) is 0 Å². The van der Waals surface area contributed by atoms with Crippen molar-refractivity contribution in [1.82, 2.24) is 4.98 Å². The normalized spacial score (nSPS) is 16.0. The SMILES string of the molecule is CCC1(CNc2cc(C#N)nc3ccccc23)CC1. The van der Waals surface area contributed by atoms with Crippen LogP contribution < -0.4 is 5.32 Å². The molecule has 1 aliphatic rings. The molecule has 0 atom stereocenters. The van der Waals surface area contributed by atoms with E-state index in [1.807, 2.05) is 24.3 Å². The molecule has 0 unspecified atom stereocenters. The lowest BCUT2D eigenvalue weighted by atomic mass is 10.0. The Labute approximate surface area is 113 Å². The lowest BCUT2D eigenvalue weighted by Crippen LogP contribution is -2.14. The van der Waals surface area contributed by atoms with Crippen LogP contribution in [0, 0.1) is 16.7 Å². The summed E-state index contributed by atoms with van der Waals surface area (Å²) in [6, 6.07) is 12.0. The molecule has 1 saturated carbocycles. The zero-order valence-electron chi connectivity index (χ0n) is 11.1. The second-order valence-electron chi connectivity index (χ2n) is 5.39. The van der Waals surface area contributed by atoms with Crippen LogP contribution in [-0.2, 0) is 0 Å². The van der Waals surface area contributed by atoms with Crippen LogP contribution >= 0.6 is 0 Å². The monoisotopic (exact) mass is 251 g/mol. The highest BCUT2D eigenvalue weighted by Crippen LogP contribution is 2.48. The average molecular weight is 251 g/mol. The highest BCUT2D eigenvalue weighted by molar-refractivity contribution is 5.91. The van der Waals surface area contributed by atoms with Gasteiger partial charge in [-0.2, -0.15) is 5.26 Å². The van der Waals surface area contributed by atoms with Gasteiger partial charge in [-0.1, -0.05) is 25.1 Å². The van der Waals surface area contributed by atoms with Crippen LogP contribution in [-0.4, -0.2) is 11.5 Å². The van der Waals surface area contributed by atoms with E-state index < -0.39 is 0 Å². The highest BCUT2D eigenvalue weighted by atomic mass is 14.9. The standard InChI is InChI=1S/C16H17N3/c1-2-16(7-8-16)11-18-15-9-12(10-17)19-14-6-4-3-5-13(14)15/h3-6,9H,2,7-8,11H2,1H3,(H,18,19). The summed E-state index contributed by atoms with van der Waals surface area (Å²) in [4.78, 5) is 4.33. The molecule has 0 spiro atoms. The molecular weight excluding hydrogens is 234 g/mol. The fourth-order valence-corrected chi connectivity index (χ4v) is 2.49. The summed E-state index contributed by atoms with van der Waals surface area (Å²) < 4.78 is 0. The molecule has 2 aromatic rings. The minimum absolute atomic E-state index is 0.475. The zero-order valence-corrected chi connectivity index (χ0v) is 11.1. The van der Waals surface area contributed by atoms with Crippen molar-refractivity contribution in [2.45, 2.75) is 26.2 Å². The maximum absolute atomic E-state index is 9.07. The van der Waals surface area contributed by atoms with Gasteiger partial charge in [0, 0.05) is 17.6 Å². The maximum Gasteiger partial charge on any atom is 0.143 e. The first-order valence-corrected chi connectivity index (χ1v) is 6.80.